The van der Waals surface area contributed by atoms with Crippen LogP contribution in [0.2, 0.25) is 5.02 Å². The van der Waals surface area contributed by atoms with Crippen LogP contribution in [0, 0.1) is 0 Å². The minimum atomic E-state index is -0.948. The highest BCUT2D eigenvalue weighted by molar-refractivity contribution is 6.33. The van der Waals surface area contributed by atoms with Crippen molar-refractivity contribution in [3.63, 3.8) is 0 Å². The largest absolute Gasteiger partial charge is 0.493 e. The molecule has 19 heavy (non-hydrogen) atoms. The molecule has 104 valence electrons. The first-order chi connectivity index (χ1) is 9.00. The Bertz CT molecular complexity index is 480. The van der Waals surface area contributed by atoms with Crippen molar-refractivity contribution < 1.29 is 14.6 Å². The summed E-state index contributed by atoms with van der Waals surface area (Å²) in [4.78, 5) is 0. The topological polar surface area (TPSA) is 38.7 Å². The fourth-order valence-corrected chi connectivity index (χ4v) is 3.38. The molecule has 1 aromatic rings. The highest BCUT2D eigenvalue weighted by Crippen LogP contribution is 2.49. The molecule has 0 atom stereocenters. The zero-order valence-electron chi connectivity index (χ0n) is 11.4. The maximum Gasteiger partial charge on any atom is 0.142 e. The lowest BCUT2D eigenvalue weighted by atomic mass is 9.85. The first-order valence-corrected chi connectivity index (χ1v) is 7.23. The molecule has 0 amide bonds. The van der Waals surface area contributed by atoms with Crippen molar-refractivity contribution in [1.82, 2.24) is 0 Å². The summed E-state index contributed by atoms with van der Waals surface area (Å²) in [6.45, 7) is 4.97. The quantitative estimate of drug-likeness (QED) is 0.859. The molecule has 0 saturated heterocycles. The molecule has 0 spiro atoms. The average Bonchev–Trinajstić information content (AvgIpc) is 2.38. The van der Waals surface area contributed by atoms with Crippen LogP contribution in [0.3, 0.4) is 0 Å². The number of aliphatic hydroxyl groups is 1. The van der Waals surface area contributed by atoms with Crippen molar-refractivity contribution >= 4 is 11.6 Å². The maximum absolute atomic E-state index is 10.5. The van der Waals surface area contributed by atoms with Gasteiger partial charge in [-0.3, -0.25) is 0 Å². The highest BCUT2D eigenvalue weighted by Gasteiger charge is 2.34. The first kappa shape index (κ1) is 13.1. The first-order valence-electron chi connectivity index (χ1n) is 6.86. The van der Waals surface area contributed by atoms with Gasteiger partial charge in [0.05, 0.1) is 23.8 Å². The van der Waals surface area contributed by atoms with Gasteiger partial charge in [0.15, 0.2) is 0 Å². The van der Waals surface area contributed by atoms with Gasteiger partial charge < -0.3 is 14.6 Å². The number of benzene rings is 1. The molecule has 0 saturated carbocycles. The van der Waals surface area contributed by atoms with Gasteiger partial charge in [0.1, 0.15) is 11.5 Å². The molecule has 2 heterocycles. The average molecular weight is 283 g/mol. The van der Waals surface area contributed by atoms with Gasteiger partial charge >= 0.3 is 0 Å². The second-order valence-electron chi connectivity index (χ2n) is 5.77. The third-order valence-electron chi connectivity index (χ3n) is 3.79. The third-order valence-corrected chi connectivity index (χ3v) is 4.19. The van der Waals surface area contributed by atoms with E-state index in [1.165, 1.54) is 0 Å². The summed E-state index contributed by atoms with van der Waals surface area (Å²) >= 11 is 6.48. The van der Waals surface area contributed by atoms with Crippen molar-refractivity contribution in [2.45, 2.75) is 45.1 Å². The minimum absolute atomic E-state index is 0.678. The van der Waals surface area contributed by atoms with Gasteiger partial charge in [-0.15, -0.1) is 0 Å². The van der Waals surface area contributed by atoms with Crippen molar-refractivity contribution in [2.24, 2.45) is 0 Å². The van der Waals surface area contributed by atoms with Crippen LogP contribution in [0.5, 0.6) is 11.5 Å². The summed E-state index contributed by atoms with van der Waals surface area (Å²) in [5.74, 6) is 1.54. The summed E-state index contributed by atoms with van der Waals surface area (Å²) in [7, 11) is 0. The van der Waals surface area contributed by atoms with Gasteiger partial charge in [0.2, 0.25) is 0 Å². The van der Waals surface area contributed by atoms with E-state index in [9.17, 15) is 5.11 Å². The number of fused-ring (bicyclic) bond motifs is 2. The Morgan fingerprint density at radius 1 is 1.00 bits per heavy atom. The van der Waals surface area contributed by atoms with Gasteiger partial charge in [-0.2, -0.15) is 0 Å². The van der Waals surface area contributed by atoms with E-state index >= 15 is 0 Å². The van der Waals surface area contributed by atoms with Crippen molar-refractivity contribution in [3.05, 3.63) is 21.7 Å². The van der Waals surface area contributed by atoms with E-state index in [1.54, 1.807) is 13.8 Å². The van der Waals surface area contributed by atoms with Crippen LogP contribution < -0.4 is 9.47 Å². The van der Waals surface area contributed by atoms with Crippen molar-refractivity contribution in [2.75, 3.05) is 13.2 Å². The lowest BCUT2D eigenvalue weighted by Crippen LogP contribution is -2.25. The molecule has 1 aromatic carbocycles. The van der Waals surface area contributed by atoms with Crippen LogP contribution in [0.15, 0.2) is 0 Å². The second-order valence-corrected chi connectivity index (χ2v) is 6.15. The van der Waals surface area contributed by atoms with E-state index in [0.717, 1.165) is 53.9 Å². The molecule has 3 rings (SSSR count). The smallest absolute Gasteiger partial charge is 0.142 e. The summed E-state index contributed by atoms with van der Waals surface area (Å²) < 4.78 is 11.6. The van der Waals surface area contributed by atoms with Crippen LogP contribution >= 0.6 is 11.6 Å². The minimum Gasteiger partial charge on any atom is -0.493 e. The summed E-state index contributed by atoms with van der Waals surface area (Å²) in [6.07, 6.45) is 3.67. The Hall–Kier alpha value is -0.930. The predicted octanol–water partition coefficient (Wildman–Crippen LogP) is 3.22. The molecular weight excluding hydrogens is 264 g/mol. The molecule has 4 heteroatoms. The maximum atomic E-state index is 10.5. The monoisotopic (exact) mass is 282 g/mol. The molecular formula is C15H19ClO3. The van der Waals surface area contributed by atoms with Crippen LogP contribution in [0.25, 0.3) is 0 Å². The van der Waals surface area contributed by atoms with Crippen molar-refractivity contribution in [1.29, 1.82) is 0 Å². The van der Waals surface area contributed by atoms with Gasteiger partial charge in [-0.05, 0) is 39.5 Å². The number of ether oxygens (including phenoxy) is 2. The lowest BCUT2D eigenvalue weighted by Gasteiger charge is -2.33. The molecule has 0 fully saturated rings. The van der Waals surface area contributed by atoms with E-state index in [4.69, 9.17) is 21.1 Å². The number of halogens is 1. The normalized spacial score (nSPS) is 18.1. The number of rotatable bonds is 1. The molecule has 1 N–H and O–H groups in total. The standard InChI is InChI=1S/C15H19ClO3/c1-15(2,17)11-9-5-3-8-19-14(9)12(16)10-6-4-7-18-13(10)11/h17H,3-8H2,1-2H3. The molecule has 0 aliphatic carbocycles. The van der Waals surface area contributed by atoms with Crippen LogP contribution in [0.1, 0.15) is 43.4 Å². The van der Waals surface area contributed by atoms with E-state index < -0.39 is 5.60 Å². The zero-order valence-corrected chi connectivity index (χ0v) is 12.1. The van der Waals surface area contributed by atoms with Gasteiger partial charge in [-0.1, -0.05) is 11.6 Å². The highest BCUT2D eigenvalue weighted by atomic mass is 35.5. The summed E-state index contributed by atoms with van der Waals surface area (Å²) in [5, 5.41) is 11.2. The summed E-state index contributed by atoms with van der Waals surface area (Å²) in [5.41, 5.74) is 1.92. The van der Waals surface area contributed by atoms with E-state index in [2.05, 4.69) is 0 Å². The van der Waals surface area contributed by atoms with Crippen LogP contribution in [-0.2, 0) is 18.4 Å². The van der Waals surface area contributed by atoms with Gasteiger partial charge in [0, 0.05) is 16.7 Å². The Kier molecular flexibility index (Phi) is 3.14. The van der Waals surface area contributed by atoms with E-state index in [-0.39, 0.29) is 0 Å². The molecule has 0 bridgehead atoms. The van der Waals surface area contributed by atoms with Gasteiger partial charge in [0.25, 0.3) is 0 Å². The Morgan fingerprint density at radius 3 is 2.21 bits per heavy atom. The van der Waals surface area contributed by atoms with E-state index in [0.29, 0.717) is 18.2 Å². The molecule has 3 nitrogen and oxygen atoms in total. The van der Waals surface area contributed by atoms with Crippen LogP contribution in [0.4, 0.5) is 0 Å². The Morgan fingerprint density at radius 2 is 1.58 bits per heavy atom. The van der Waals surface area contributed by atoms with Gasteiger partial charge in [-0.25, -0.2) is 0 Å². The molecule has 0 aromatic heterocycles. The van der Waals surface area contributed by atoms with Crippen LogP contribution in [-0.4, -0.2) is 18.3 Å². The van der Waals surface area contributed by atoms with Crippen molar-refractivity contribution in [3.8, 4) is 11.5 Å². The third kappa shape index (κ3) is 2.09. The number of hydrogen-bond acceptors (Lipinski definition) is 3. The molecule has 0 unspecified atom stereocenters. The van der Waals surface area contributed by atoms with E-state index in [1.807, 2.05) is 0 Å². The molecule has 2 aliphatic rings. The fourth-order valence-electron chi connectivity index (χ4n) is 3.04. The Labute approximate surface area is 118 Å². The zero-order chi connectivity index (χ0) is 13.6. The molecule has 0 radical (unpaired) electrons. The number of hydrogen-bond donors (Lipinski definition) is 1. The summed E-state index contributed by atoms with van der Waals surface area (Å²) in [6, 6.07) is 0. The fraction of sp³-hybridized carbons (Fsp3) is 0.600. The second kappa shape index (κ2) is 4.57. The molecule has 2 aliphatic heterocycles. The lowest BCUT2D eigenvalue weighted by molar-refractivity contribution is 0.0717. The Balaban J connectivity index is 2.31. The predicted molar refractivity (Wildman–Crippen MR) is 74.3 cm³/mol. The SMILES string of the molecule is CC(C)(O)c1c2c(c(Cl)c3c1OCCC3)OCCC2.